The molecule has 1 aromatic rings. The van der Waals surface area contributed by atoms with E-state index in [9.17, 15) is 22.8 Å². The minimum absolute atomic E-state index is 0.0694. The zero-order valence-corrected chi connectivity index (χ0v) is 18.4. The highest BCUT2D eigenvalue weighted by molar-refractivity contribution is 7.90. The van der Waals surface area contributed by atoms with Crippen molar-refractivity contribution in [2.75, 3.05) is 18.6 Å². The molecule has 1 rings (SSSR count). The van der Waals surface area contributed by atoms with Crippen molar-refractivity contribution >= 4 is 27.6 Å². The van der Waals surface area contributed by atoms with Crippen LogP contribution in [0.2, 0.25) is 0 Å². The number of hydrogen-bond acceptors (Lipinski definition) is 6. The standard InChI is InChI=1S/C20H30N2O6S/c1-14(2)22(15(3)4)18(23)13-28-20(25)17(11-12-29(5,26)27)21-19(24)16-9-7-6-8-10-16/h6-10,14-15,17H,11-13H2,1-5H3,(H,21,24)/t17-/m1/s1. The minimum Gasteiger partial charge on any atom is -0.454 e. The Kier molecular flexibility index (Phi) is 9.29. The molecule has 1 aromatic carbocycles. The SMILES string of the molecule is CC(C)N(C(=O)COC(=O)[C@@H](CCS(C)(=O)=O)NC(=O)c1ccccc1)C(C)C. The smallest absolute Gasteiger partial charge is 0.329 e. The molecule has 162 valence electrons. The van der Waals surface area contributed by atoms with Crippen LogP contribution < -0.4 is 5.32 Å². The van der Waals surface area contributed by atoms with Gasteiger partial charge in [-0.25, -0.2) is 13.2 Å². The van der Waals surface area contributed by atoms with Gasteiger partial charge in [0.05, 0.1) is 5.75 Å². The normalized spacial score (nSPS) is 12.5. The third-order valence-corrected chi connectivity index (χ3v) is 5.12. The number of nitrogens with zero attached hydrogens (tertiary/aromatic N) is 1. The number of ether oxygens (including phenoxy) is 1. The van der Waals surface area contributed by atoms with Crippen molar-refractivity contribution in [3.8, 4) is 0 Å². The number of carbonyl (C=O) groups excluding carboxylic acids is 3. The Labute approximate surface area is 172 Å². The van der Waals surface area contributed by atoms with Crippen LogP contribution in [0, 0.1) is 0 Å². The van der Waals surface area contributed by atoms with Crippen molar-refractivity contribution in [3.05, 3.63) is 35.9 Å². The molecule has 0 spiro atoms. The van der Waals surface area contributed by atoms with E-state index in [0.29, 0.717) is 5.56 Å². The van der Waals surface area contributed by atoms with E-state index in [1.54, 1.807) is 35.2 Å². The summed E-state index contributed by atoms with van der Waals surface area (Å²) in [6.07, 6.45) is 0.892. The molecule has 0 saturated heterocycles. The third-order valence-electron chi connectivity index (χ3n) is 4.14. The van der Waals surface area contributed by atoms with Gasteiger partial charge in [0.25, 0.3) is 11.8 Å². The van der Waals surface area contributed by atoms with Crippen LogP contribution >= 0.6 is 0 Å². The van der Waals surface area contributed by atoms with E-state index in [-0.39, 0.29) is 30.2 Å². The molecule has 0 aliphatic carbocycles. The number of benzene rings is 1. The van der Waals surface area contributed by atoms with Gasteiger partial charge in [-0.3, -0.25) is 9.59 Å². The molecule has 0 bridgehead atoms. The maximum Gasteiger partial charge on any atom is 0.329 e. The second-order valence-corrected chi connectivity index (χ2v) is 9.67. The van der Waals surface area contributed by atoms with Crippen molar-refractivity contribution in [1.82, 2.24) is 10.2 Å². The van der Waals surface area contributed by atoms with E-state index in [1.165, 1.54) is 0 Å². The minimum atomic E-state index is -3.35. The molecule has 2 amide bonds. The number of amides is 2. The predicted octanol–water partition coefficient (Wildman–Crippen LogP) is 1.41. The maximum absolute atomic E-state index is 12.5. The topological polar surface area (TPSA) is 110 Å². The molecule has 0 fully saturated rings. The summed E-state index contributed by atoms with van der Waals surface area (Å²) in [5.41, 5.74) is 0.325. The van der Waals surface area contributed by atoms with E-state index < -0.39 is 34.4 Å². The Morgan fingerprint density at radius 2 is 1.59 bits per heavy atom. The summed E-state index contributed by atoms with van der Waals surface area (Å²) in [5, 5.41) is 2.50. The molecule has 0 unspecified atom stereocenters. The van der Waals surface area contributed by atoms with Crippen molar-refractivity contribution < 1.29 is 27.5 Å². The summed E-state index contributed by atoms with van der Waals surface area (Å²) < 4.78 is 28.1. The van der Waals surface area contributed by atoms with E-state index in [1.807, 2.05) is 27.7 Å². The van der Waals surface area contributed by atoms with E-state index in [0.717, 1.165) is 6.26 Å². The van der Waals surface area contributed by atoms with Gasteiger partial charge in [-0.05, 0) is 46.2 Å². The lowest BCUT2D eigenvalue weighted by atomic mass is 10.1. The van der Waals surface area contributed by atoms with Gasteiger partial charge < -0.3 is 15.0 Å². The maximum atomic E-state index is 12.5. The van der Waals surface area contributed by atoms with E-state index >= 15 is 0 Å². The average Bonchev–Trinajstić information content (AvgIpc) is 2.62. The number of hydrogen-bond donors (Lipinski definition) is 1. The number of carbonyl (C=O) groups is 3. The molecule has 0 heterocycles. The summed E-state index contributed by atoms with van der Waals surface area (Å²) in [5.74, 6) is -2.04. The Hall–Kier alpha value is -2.42. The monoisotopic (exact) mass is 426 g/mol. The zero-order valence-electron chi connectivity index (χ0n) is 17.5. The van der Waals surface area contributed by atoms with E-state index in [2.05, 4.69) is 5.32 Å². The third kappa shape index (κ3) is 8.64. The molecule has 0 aromatic heterocycles. The van der Waals surface area contributed by atoms with Crippen LogP contribution in [0.4, 0.5) is 0 Å². The molecule has 1 N–H and O–H groups in total. The fourth-order valence-corrected chi connectivity index (χ4v) is 3.56. The highest BCUT2D eigenvalue weighted by Crippen LogP contribution is 2.08. The fraction of sp³-hybridized carbons (Fsp3) is 0.550. The van der Waals surface area contributed by atoms with E-state index in [4.69, 9.17) is 4.74 Å². The predicted molar refractivity (Wildman–Crippen MR) is 110 cm³/mol. The molecular weight excluding hydrogens is 396 g/mol. The first-order valence-corrected chi connectivity index (χ1v) is 11.5. The molecule has 9 heteroatoms. The summed E-state index contributed by atoms with van der Waals surface area (Å²) in [4.78, 5) is 38.8. The highest BCUT2D eigenvalue weighted by Gasteiger charge is 2.27. The van der Waals surface area contributed by atoms with Gasteiger partial charge in [0.2, 0.25) is 0 Å². The number of rotatable bonds is 10. The largest absolute Gasteiger partial charge is 0.454 e. The Morgan fingerprint density at radius 3 is 2.07 bits per heavy atom. The molecule has 29 heavy (non-hydrogen) atoms. The van der Waals surface area contributed by atoms with Crippen molar-refractivity contribution in [1.29, 1.82) is 0 Å². The van der Waals surface area contributed by atoms with Gasteiger partial charge in [-0.2, -0.15) is 0 Å². The summed E-state index contributed by atoms with van der Waals surface area (Å²) in [6, 6.07) is 6.90. The fourth-order valence-electron chi connectivity index (χ4n) is 2.89. The van der Waals surface area contributed by atoms with Crippen LogP contribution in [0.3, 0.4) is 0 Å². The van der Waals surface area contributed by atoms with Gasteiger partial charge in [-0.1, -0.05) is 18.2 Å². The first kappa shape index (κ1) is 24.6. The lowest BCUT2D eigenvalue weighted by Crippen LogP contribution is -2.46. The lowest BCUT2D eigenvalue weighted by molar-refractivity contribution is -0.155. The van der Waals surface area contributed by atoms with Crippen LogP contribution in [0.5, 0.6) is 0 Å². The van der Waals surface area contributed by atoms with Gasteiger partial charge >= 0.3 is 5.97 Å². The van der Waals surface area contributed by atoms with Crippen LogP contribution in [0.1, 0.15) is 44.5 Å². The molecule has 8 nitrogen and oxygen atoms in total. The van der Waals surface area contributed by atoms with Crippen molar-refractivity contribution in [2.24, 2.45) is 0 Å². The molecule has 0 radical (unpaired) electrons. The second kappa shape index (κ2) is 10.9. The molecule has 1 atom stereocenters. The average molecular weight is 427 g/mol. The first-order valence-electron chi connectivity index (χ1n) is 9.43. The van der Waals surface area contributed by atoms with Crippen molar-refractivity contribution in [3.63, 3.8) is 0 Å². The Morgan fingerprint density at radius 1 is 1.03 bits per heavy atom. The molecular formula is C20H30N2O6S. The summed E-state index contributed by atoms with van der Waals surface area (Å²) in [6.45, 7) is 6.94. The van der Waals surface area contributed by atoms with Crippen LogP contribution in [0.15, 0.2) is 30.3 Å². The lowest BCUT2D eigenvalue weighted by Gasteiger charge is -2.30. The number of esters is 1. The molecule has 0 aliphatic rings. The summed E-state index contributed by atoms with van der Waals surface area (Å²) in [7, 11) is -3.35. The molecule has 0 aliphatic heterocycles. The Bertz CT molecular complexity index is 798. The molecule has 0 saturated carbocycles. The highest BCUT2D eigenvalue weighted by atomic mass is 32.2. The quantitative estimate of drug-likeness (QED) is 0.567. The van der Waals surface area contributed by atoms with Crippen LogP contribution in [0.25, 0.3) is 0 Å². The Balaban J connectivity index is 2.84. The first-order chi connectivity index (χ1) is 13.4. The summed E-state index contributed by atoms with van der Waals surface area (Å²) >= 11 is 0. The van der Waals surface area contributed by atoms with Gasteiger partial charge in [0.1, 0.15) is 15.9 Å². The van der Waals surface area contributed by atoms with Gasteiger partial charge in [0, 0.05) is 23.9 Å². The number of sulfone groups is 1. The van der Waals surface area contributed by atoms with Crippen molar-refractivity contribution in [2.45, 2.75) is 52.2 Å². The van der Waals surface area contributed by atoms with Crippen LogP contribution in [-0.4, -0.2) is 67.8 Å². The van der Waals surface area contributed by atoms with Crippen LogP contribution in [-0.2, 0) is 24.2 Å². The zero-order chi connectivity index (χ0) is 22.2. The van der Waals surface area contributed by atoms with Gasteiger partial charge in [-0.15, -0.1) is 0 Å². The second-order valence-electron chi connectivity index (χ2n) is 7.41. The van der Waals surface area contributed by atoms with Gasteiger partial charge in [0.15, 0.2) is 6.61 Å². The number of nitrogens with one attached hydrogen (secondary N) is 1.